The van der Waals surface area contributed by atoms with Crippen molar-refractivity contribution < 1.29 is 0 Å². The van der Waals surface area contributed by atoms with E-state index in [0.717, 1.165) is 12.8 Å². The van der Waals surface area contributed by atoms with Crippen LogP contribution in [-0.2, 0) is 6.42 Å². The Labute approximate surface area is 88.7 Å². The molecule has 0 fully saturated rings. The summed E-state index contributed by atoms with van der Waals surface area (Å²) < 4.78 is 0. The molecule has 0 bridgehead atoms. The molecule has 0 saturated heterocycles. The van der Waals surface area contributed by atoms with E-state index in [-0.39, 0.29) is 0 Å². The number of rotatable bonds is 3. The molecule has 1 aromatic carbocycles. The van der Waals surface area contributed by atoms with Crippen LogP contribution in [-0.4, -0.2) is 0 Å². The average molecular weight is 190 g/mol. The number of hydrogen-bond acceptors (Lipinski definition) is 0. The zero-order valence-electron chi connectivity index (χ0n) is 9.72. The summed E-state index contributed by atoms with van der Waals surface area (Å²) >= 11 is 0. The zero-order valence-corrected chi connectivity index (χ0v) is 9.72. The van der Waals surface area contributed by atoms with Gasteiger partial charge in [0.2, 0.25) is 0 Å². The molecule has 78 valence electrons. The quantitative estimate of drug-likeness (QED) is 0.610. The Balaban J connectivity index is 0.000000500. The molecule has 0 N–H and O–H groups in total. The van der Waals surface area contributed by atoms with Crippen LogP contribution >= 0.6 is 0 Å². The van der Waals surface area contributed by atoms with Crippen LogP contribution in [0.1, 0.15) is 39.2 Å². The molecule has 0 aliphatic rings. The van der Waals surface area contributed by atoms with Gasteiger partial charge in [-0.15, -0.1) is 6.58 Å². The summed E-state index contributed by atoms with van der Waals surface area (Å²) in [6.07, 6.45) is 3.47. The molecule has 0 heterocycles. The van der Waals surface area contributed by atoms with Gasteiger partial charge in [-0.3, -0.25) is 0 Å². The molecule has 0 aromatic heterocycles. The highest BCUT2D eigenvalue weighted by molar-refractivity contribution is 5.15. The number of aryl methyl sites for hydroxylation is 1. The van der Waals surface area contributed by atoms with Crippen molar-refractivity contribution in [3.63, 3.8) is 0 Å². The first-order valence-electron chi connectivity index (χ1n) is 5.39. The van der Waals surface area contributed by atoms with Gasteiger partial charge in [-0.25, -0.2) is 0 Å². The molecule has 0 heteroatoms. The fourth-order valence-corrected chi connectivity index (χ4v) is 1.00. The van der Waals surface area contributed by atoms with Gasteiger partial charge < -0.3 is 0 Å². The van der Waals surface area contributed by atoms with Crippen molar-refractivity contribution in [2.45, 2.75) is 40.0 Å². The van der Waals surface area contributed by atoms with Gasteiger partial charge >= 0.3 is 0 Å². The van der Waals surface area contributed by atoms with Crippen LogP contribution in [0.3, 0.4) is 0 Å². The Morgan fingerprint density at radius 3 is 2.07 bits per heavy atom. The summed E-state index contributed by atoms with van der Waals surface area (Å²) in [7, 11) is 0. The summed E-state index contributed by atoms with van der Waals surface area (Å²) in [6.45, 7) is 10.2. The van der Waals surface area contributed by atoms with Gasteiger partial charge in [-0.1, -0.05) is 56.2 Å². The summed E-state index contributed by atoms with van der Waals surface area (Å²) in [5, 5.41) is 0. The minimum atomic E-state index is 1.10. The van der Waals surface area contributed by atoms with Crippen LogP contribution in [0.5, 0.6) is 0 Å². The van der Waals surface area contributed by atoms with Crippen molar-refractivity contribution in [3.05, 3.63) is 48.0 Å². The second-order valence-electron chi connectivity index (χ2n) is 3.65. The summed E-state index contributed by atoms with van der Waals surface area (Å²) in [4.78, 5) is 0. The third kappa shape index (κ3) is 7.60. The van der Waals surface area contributed by atoms with Crippen molar-refractivity contribution in [1.29, 1.82) is 0 Å². The van der Waals surface area contributed by atoms with E-state index in [2.05, 4.69) is 51.6 Å². The molecule has 0 aliphatic heterocycles. The van der Waals surface area contributed by atoms with Crippen LogP contribution in [0.2, 0.25) is 0 Å². The first kappa shape index (κ1) is 13.0. The molecule has 14 heavy (non-hydrogen) atoms. The van der Waals surface area contributed by atoms with Crippen LogP contribution < -0.4 is 0 Å². The molecule has 0 aliphatic carbocycles. The number of hydrogen-bond donors (Lipinski definition) is 0. The van der Waals surface area contributed by atoms with Crippen LogP contribution in [0.25, 0.3) is 0 Å². The molecule has 0 radical (unpaired) electrons. The third-order valence-corrected chi connectivity index (χ3v) is 1.68. The zero-order chi connectivity index (χ0) is 10.8. The summed E-state index contributed by atoms with van der Waals surface area (Å²) in [6, 6.07) is 10.5. The lowest BCUT2D eigenvalue weighted by Crippen LogP contribution is -1.83. The maximum atomic E-state index is 3.87. The highest BCUT2D eigenvalue weighted by Gasteiger charge is 1.90. The predicted molar refractivity (Wildman–Crippen MR) is 65.5 cm³/mol. The SMILES string of the molecule is C=C(C)CCc1ccccc1.CCC. The lowest BCUT2D eigenvalue weighted by Gasteiger charge is -1.98. The van der Waals surface area contributed by atoms with E-state index in [4.69, 9.17) is 0 Å². The first-order chi connectivity index (χ1) is 6.70. The van der Waals surface area contributed by atoms with E-state index < -0.39 is 0 Å². The summed E-state index contributed by atoms with van der Waals surface area (Å²) in [5.41, 5.74) is 2.66. The Kier molecular flexibility index (Phi) is 7.92. The maximum absolute atomic E-state index is 3.87. The predicted octanol–water partition coefficient (Wildman–Crippen LogP) is 4.61. The van der Waals surface area contributed by atoms with Gasteiger partial charge in [-0.2, -0.15) is 0 Å². The topological polar surface area (TPSA) is 0 Å². The van der Waals surface area contributed by atoms with Gasteiger partial charge in [0.25, 0.3) is 0 Å². The summed E-state index contributed by atoms with van der Waals surface area (Å²) in [5.74, 6) is 0. The molecular formula is C14H22. The van der Waals surface area contributed by atoms with Gasteiger partial charge in [0.15, 0.2) is 0 Å². The Morgan fingerprint density at radius 2 is 1.64 bits per heavy atom. The fourth-order valence-electron chi connectivity index (χ4n) is 1.00. The van der Waals surface area contributed by atoms with E-state index in [9.17, 15) is 0 Å². The number of benzene rings is 1. The Bertz CT molecular complexity index is 233. The van der Waals surface area contributed by atoms with Crippen LogP contribution in [0.4, 0.5) is 0 Å². The molecule has 0 unspecified atom stereocenters. The number of allylic oxidation sites excluding steroid dienone is 1. The van der Waals surface area contributed by atoms with Crippen molar-refractivity contribution in [2.24, 2.45) is 0 Å². The third-order valence-electron chi connectivity index (χ3n) is 1.68. The average Bonchev–Trinajstić information content (AvgIpc) is 2.18. The van der Waals surface area contributed by atoms with E-state index in [0.29, 0.717) is 0 Å². The molecule has 0 amide bonds. The lowest BCUT2D eigenvalue weighted by atomic mass is 10.1. The van der Waals surface area contributed by atoms with Crippen LogP contribution in [0.15, 0.2) is 42.5 Å². The van der Waals surface area contributed by atoms with Gasteiger partial charge in [-0.05, 0) is 25.3 Å². The van der Waals surface area contributed by atoms with E-state index in [1.54, 1.807) is 0 Å². The fraction of sp³-hybridized carbons (Fsp3) is 0.429. The first-order valence-corrected chi connectivity index (χ1v) is 5.39. The van der Waals surface area contributed by atoms with Crippen molar-refractivity contribution >= 4 is 0 Å². The molecule has 0 saturated carbocycles. The Morgan fingerprint density at radius 1 is 1.14 bits per heavy atom. The molecule has 1 aromatic rings. The smallest absolute Gasteiger partial charge is 0.0242 e. The molecule has 1 rings (SSSR count). The minimum absolute atomic E-state index is 1.10. The second kappa shape index (κ2) is 8.55. The molecular weight excluding hydrogens is 168 g/mol. The van der Waals surface area contributed by atoms with Crippen molar-refractivity contribution in [2.75, 3.05) is 0 Å². The molecule has 0 spiro atoms. The van der Waals surface area contributed by atoms with Gasteiger partial charge in [0.1, 0.15) is 0 Å². The van der Waals surface area contributed by atoms with Gasteiger partial charge in [0, 0.05) is 0 Å². The van der Waals surface area contributed by atoms with E-state index in [1.807, 2.05) is 6.07 Å². The molecule has 0 atom stereocenters. The second-order valence-corrected chi connectivity index (χ2v) is 3.65. The lowest BCUT2D eigenvalue weighted by molar-refractivity contribution is 0.946. The van der Waals surface area contributed by atoms with Gasteiger partial charge in [0.05, 0.1) is 0 Å². The highest BCUT2D eigenvalue weighted by atomic mass is 14.0. The van der Waals surface area contributed by atoms with E-state index >= 15 is 0 Å². The monoisotopic (exact) mass is 190 g/mol. The van der Waals surface area contributed by atoms with Crippen molar-refractivity contribution in [1.82, 2.24) is 0 Å². The van der Waals surface area contributed by atoms with Crippen molar-refractivity contribution in [3.8, 4) is 0 Å². The maximum Gasteiger partial charge on any atom is -0.0242 e. The van der Waals surface area contributed by atoms with Crippen LogP contribution in [0, 0.1) is 0 Å². The highest BCUT2D eigenvalue weighted by Crippen LogP contribution is 2.06. The normalized spacial score (nSPS) is 8.79. The Hall–Kier alpha value is -1.04. The minimum Gasteiger partial charge on any atom is -0.100 e. The molecule has 0 nitrogen and oxygen atoms in total. The largest absolute Gasteiger partial charge is 0.100 e. The standard InChI is InChI=1S/C11H14.C3H8/c1-10(2)8-9-11-6-4-3-5-7-11;1-3-2/h3-7H,1,8-9H2,2H3;3H2,1-2H3. The van der Waals surface area contributed by atoms with E-state index in [1.165, 1.54) is 17.6 Å².